The van der Waals surface area contributed by atoms with Crippen molar-refractivity contribution in [1.82, 2.24) is 10.2 Å². The van der Waals surface area contributed by atoms with E-state index >= 15 is 0 Å². The van der Waals surface area contributed by atoms with Crippen molar-refractivity contribution in [2.24, 2.45) is 0 Å². The number of hydrogen-bond donors (Lipinski definition) is 1. The number of nitrogens with zero attached hydrogens (tertiary/aromatic N) is 1. The number of benzene rings is 1. The molecular formula is C18H28N2O. The average Bonchev–Trinajstić information content (AvgIpc) is 2.50. The molecule has 1 aromatic carbocycles. The largest absolute Gasteiger partial charge is 0.353 e. The molecule has 1 N–H and O–H groups in total. The molecule has 21 heavy (non-hydrogen) atoms. The van der Waals surface area contributed by atoms with Gasteiger partial charge in [-0.2, -0.15) is 0 Å². The zero-order chi connectivity index (χ0) is 15.5. The minimum absolute atomic E-state index is 0.0154. The molecule has 0 fully saturated rings. The van der Waals surface area contributed by atoms with E-state index in [0.29, 0.717) is 0 Å². The van der Waals surface area contributed by atoms with E-state index in [0.717, 1.165) is 44.6 Å². The topological polar surface area (TPSA) is 32.3 Å². The van der Waals surface area contributed by atoms with E-state index in [1.165, 1.54) is 5.56 Å². The second kappa shape index (κ2) is 10.2. The van der Waals surface area contributed by atoms with Crippen LogP contribution in [0.3, 0.4) is 0 Å². The maximum atomic E-state index is 11.7. The molecule has 1 rings (SSSR count). The second-order valence-electron chi connectivity index (χ2n) is 5.27. The Morgan fingerprint density at radius 1 is 1.14 bits per heavy atom. The van der Waals surface area contributed by atoms with E-state index in [2.05, 4.69) is 31.0 Å². The van der Waals surface area contributed by atoms with Crippen LogP contribution in [0, 0.1) is 6.92 Å². The third-order valence-electron chi connectivity index (χ3n) is 3.60. The molecule has 0 bridgehead atoms. The third-order valence-corrected chi connectivity index (χ3v) is 3.60. The summed E-state index contributed by atoms with van der Waals surface area (Å²) in [5, 5.41) is 2.93. The van der Waals surface area contributed by atoms with Crippen molar-refractivity contribution in [2.75, 3.05) is 26.2 Å². The van der Waals surface area contributed by atoms with Crippen LogP contribution in [0.4, 0.5) is 0 Å². The fraction of sp³-hybridized carbons (Fsp3) is 0.500. The number of aryl methyl sites for hydroxylation is 1. The lowest BCUT2D eigenvalue weighted by atomic mass is 10.1. The first-order valence-corrected chi connectivity index (χ1v) is 7.90. The summed E-state index contributed by atoms with van der Waals surface area (Å²) in [5.74, 6) is -0.0154. The molecule has 0 saturated heterocycles. The molecule has 1 aromatic rings. The number of unbranched alkanes of at least 4 members (excludes halogenated alkanes) is 1. The van der Waals surface area contributed by atoms with Crippen molar-refractivity contribution in [3.05, 3.63) is 41.5 Å². The first kappa shape index (κ1) is 17.4. The Bertz CT molecular complexity index is 433. The van der Waals surface area contributed by atoms with E-state index in [4.69, 9.17) is 0 Å². The highest BCUT2D eigenvalue weighted by atomic mass is 16.1. The summed E-state index contributed by atoms with van der Waals surface area (Å²) in [6, 6.07) is 8.13. The molecule has 3 nitrogen and oxygen atoms in total. The van der Waals surface area contributed by atoms with Crippen molar-refractivity contribution in [3.63, 3.8) is 0 Å². The lowest BCUT2D eigenvalue weighted by Gasteiger charge is -2.17. The van der Waals surface area contributed by atoms with Crippen molar-refractivity contribution in [1.29, 1.82) is 0 Å². The monoisotopic (exact) mass is 288 g/mol. The van der Waals surface area contributed by atoms with Gasteiger partial charge in [-0.15, -0.1) is 0 Å². The van der Waals surface area contributed by atoms with Crippen LogP contribution < -0.4 is 5.32 Å². The minimum atomic E-state index is -0.0154. The molecule has 0 radical (unpaired) electrons. The van der Waals surface area contributed by atoms with Gasteiger partial charge in [-0.05, 0) is 51.0 Å². The van der Waals surface area contributed by atoms with Gasteiger partial charge in [-0.1, -0.05) is 43.7 Å². The Balaban J connectivity index is 2.18. The van der Waals surface area contributed by atoms with Gasteiger partial charge in [0, 0.05) is 12.6 Å². The molecule has 0 saturated carbocycles. The first-order chi connectivity index (χ1) is 10.2. The zero-order valence-corrected chi connectivity index (χ0v) is 13.6. The van der Waals surface area contributed by atoms with E-state index in [-0.39, 0.29) is 5.91 Å². The molecule has 0 atom stereocenters. The molecular weight excluding hydrogens is 260 g/mol. The Labute approximate surface area is 129 Å². The van der Waals surface area contributed by atoms with E-state index < -0.39 is 0 Å². The van der Waals surface area contributed by atoms with Gasteiger partial charge in [-0.3, -0.25) is 4.79 Å². The van der Waals surface area contributed by atoms with Gasteiger partial charge < -0.3 is 10.2 Å². The molecule has 0 unspecified atom stereocenters. The summed E-state index contributed by atoms with van der Waals surface area (Å²) in [7, 11) is 0. The number of rotatable bonds is 9. The summed E-state index contributed by atoms with van der Waals surface area (Å²) in [6.07, 6.45) is 5.62. The summed E-state index contributed by atoms with van der Waals surface area (Å²) in [4.78, 5) is 14.1. The van der Waals surface area contributed by atoms with E-state index in [9.17, 15) is 4.79 Å². The smallest absolute Gasteiger partial charge is 0.243 e. The van der Waals surface area contributed by atoms with Crippen LogP contribution in [0.1, 0.15) is 37.8 Å². The highest BCUT2D eigenvalue weighted by Gasteiger charge is 1.99. The Kier molecular flexibility index (Phi) is 8.44. The van der Waals surface area contributed by atoms with Crippen LogP contribution in [-0.4, -0.2) is 37.0 Å². The van der Waals surface area contributed by atoms with Gasteiger partial charge in [0.05, 0.1) is 0 Å². The fourth-order valence-electron chi connectivity index (χ4n) is 2.12. The second-order valence-corrected chi connectivity index (χ2v) is 5.27. The van der Waals surface area contributed by atoms with Gasteiger partial charge in [0.1, 0.15) is 0 Å². The SMILES string of the molecule is CCN(CC)CCCCNC(=O)/C=C/c1ccc(C)cc1. The Morgan fingerprint density at radius 2 is 1.81 bits per heavy atom. The van der Waals surface area contributed by atoms with Crippen LogP contribution in [0.5, 0.6) is 0 Å². The van der Waals surface area contributed by atoms with Crippen molar-refractivity contribution < 1.29 is 4.79 Å². The number of nitrogens with one attached hydrogen (secondary N) is 1. The summed E-state index contributed by atoms with van der Waals surface area (Å²) in [5.41, 5.74) is 2.28. The molecule has 116 valence electrons. The molecule has 3 heteroatoms. The number of carbonyl (C=O) groups is 1. The Hall–Kier alpha value is -1.61. The van der Waals surface area contributed by atoms with Gasteiger partial charge in [0.25, 0.3) is 0 Å². The molecule has 0 heterocycles. The molecule has 0 aliphatic rings. The predicted octanol–water partition coefficient (Wildman–Crippen LogP) is 3.25. The van der Waals surface area contributed by atoms with Crippen LogP contribution in [-0.2, 0) is 4.79 Å². The minimum Gasteiger partial charge on any atom is -0.353 e. The summed E-state index contributed by atoms with van der Waals surface area (Å²) in [6.45, 7) is 10.5. The number of amides is 1. The quantitative estimate of drug-likeness (QED) is 0.559. The molecule has 0 spiro atoms. The Morgan fingerprint density at radius 3 is 2.43 bits per heavy atom. The van der Waals surface area contributed by atoms with Gasteiger partial charge in [0.15, 0.2) is 0 Å². The highest BCUT2D eigenvalue weighted by Crippen LogP contribution is 2.04. The normalized spacial score (nSPS) is 11.2. The van der Waals surface area contributed by atoms with E-state index in [1.54, 1.807) is 6.08 Å². The summed E-state index contributed by atoms with van der Waals surface area (Å²) >= 11 is 0. The van der Waals surface area contributed by atoms with Crippen molar-refractivity contribution in [2.45, 2.75) is 33.6 Å². The maximum absolute atomic E-state index is 11.7. The van der Waals surface area contributed by atoms with Crippen molar-refractivity contribution >= 4 is 12.0 Å². The fourth-order valence-corrected chi connectivity index (χ4v) is 2.12. The number of hydrogen-bond acceptors (Lipinski definition) is 2. The molecule has 1 amide bonds. The van der Waals surface area contributed by atoms with Crippen LogP contribution in [0.25, 0.3) is 6.08 Å². The van der Waals surface area contributed by atoms with Crippen LogP contribution in [0.2, 0.25) is 0 Å². The molecule has 0 aliphatic heterocycles. The number of carbonyl (C=O) groups excluding carboxylic acids is 1. The third kappa shape index (κ3) is 7.66. The lowest BCUT2D eigenvalue weighted by molar-refractivity contribution is -0.116. The molecule has 0 aromatic heterocycles. The van der Waals surface area contributed by atoms with Gasteiger partial charge in [0.2, 0.25) is 5.91 Å². The van der Waals surface area contributed by atoms with Crippen LogP contribution in [0.15, 0.2) is 30.3 Å². The first-order valence-electron chi connectivity index (χ1n) is 7.90. The standard InChI is InChI=1S/C18H28N2O/c1-4-20(5-2)15-7-6-14-19-18(21)13-12-17-10-8-16(3)9-11-17/h8-13H,4-7,14-15H2,1-3H3,(H,19,21)/b13-12+. The molecule has 0 aliphatic carbocycles. The lowest BCUT2D eigenvalue weighted by Crippen LogP contribution is -2.26. The van der Waals surface area contributed by atoms with Crippen molar-refractivity contribution in [3.8, 4) is 0 Å². The van der Waals surface area contributed by atoms with Gasteiger partial charge >= 0.3 is 0 Å². The highest BCUT2D eigenvalue weighted by molar-refractivity contribution is 5.91. The zero-order valence-electron chi connectivity index (χ0n) is 13.6. The summed E-state index contributed by atoms with van der Waals surface area (Å²) < 4.78 is 0. The van der Waals surface area contributed by atoms with E-state index in [1.807, 2.05) is 30.3 Å². The predicted molar refractivity (Wildman–Crippen MR) is 90.2 cm³/mol. The average molecular weight is 288 g/mol. The van der Waals surface area contributed by atoms with Gasteiger partial charge in [-0.25, -0.2) is 0 Å². The van der Waals surface area contributed by atoms with Crippen LogP contribution >= 0.6 is 0 Å². The maximum Gasteiger partial charge on any atom is 0.243 e.